The minimum atomic E-state index is -0.347. The molecule has 1 aliphatic heterocycles. The van der Waals surface area contributed by atoms with E-state index in [1.807, 2.05) is 79.6 Å². The molecule has 2 N–H and O–H groups in total. The molecule has 0 saturated carbocycles. The number of methoxy groups -OCH3 is 1. The summed E-state index contributed by atoms with van der Waals surface area (Å²) in [5, 5.41) is 12.8. The number of rotatable bonds is 8. The van der Waals surface area contributed by atoms with E-state index in [2.05, 4.69) is 20.6 Å². The number of nitrogens with zero attached hydrogens (tertiary/aromatic N) is 5. The molecular formula is C28H31N7O3. The highest BCUT2D eigenvalue weighted by atomic mass is 16.7. The van der Waals surface area contributed by atoms with Gasteiger partial charge in [0.05, 0.1) is 18.3 Å². The molecule has 2 aromatic carbocycles. The van der Waals surface area contributed by atoms with Gasteiger partial charge in [-0.15, -0.1) is 0 Å². The van der Waals surface area contributed by atoms with Gasteiger partial charge in [-0.25, -0.2) is 19.4 Å². The molecule has 2 aromatic heterocycles. The number of anilines is 1. The van der Waals surface area contributed by atoms with Crippen molar-refractivity contribution in [3.8, 4) is 16.9 Å². The number of amides is 2. The molecule has 1 fully saturated rings. The van der Waals surface area contributed by atoms with Crippen LogP contribution in [0.1, 0.15) is 23.1 Å². The molecule has 0 bridgehead atoms. The van der Waals surface area contributed by atoms with Gasteiger partial charge < -0.3 is 10.1 Å². The molecular weight excluding hydrogens is 482 g/mol. The van der Waals surface area contributed by atoms with Crippen molar-refractivity contribution in [2.45, 2.75) is 26.0 Å². The van der Waals surface area contributed by atoms with Crippen molar-refractivity contribution in [1.29, 1.82) is 0 Å². The number of hydroxylamine groups is 2. The van der Waals surface area contributed by atoms with Gasteiger partial charge in [-0.2, -0.15) is 10.2 Å². The van der Waals surface area contributed by atoms with Crippen LogP contribution < -0.4 is 10.6 Å². The maximum atomic E-state index is 13.4. The lowest BCUT2D eigenvalue weighted by Crippen LogP contribution is -2.42. The van der Waals surface area contributed by atoms with Gasteiger partial charge >= 0.3 is 6.03 Å². The van der Waals surface area contributed by atoms with Crippen LogP contribution in [0.5, 0.6) is 0 Å². The Hall–Kier alpha value is -4.12. The number of benzene rings is 2. The van der Waals surface area contributed by atoms with Crippen LogP contribution in [0.3, 0.4) is 0 Å². The largest absolute Gasteiger partial charge is 0.383 e. The second kappa shape index (κ2) is 11.5. The first-order valence-electron chi connectivity index (χ1n) is 12.5. The molecule has 5 rings (SSSR count). The van der Waals surface area contributed by atoms with Crippen molar-refractivity contribution in [2.24, 2.45) is 0 Å². The van der Waals surface area contributed by atoms with Crippen LogP contribution in [0.4, 0.5) is 10.6 Å². The number of urea groups is 1. The number of ether oxygens (including phenoxy) is 1. The summed E-state index contributed by atoms with van der Waals surface area (Å²) in [6.07, 6.45) is 3.16. The summed E-state index contributed by atoms with van der Waals surface area (Å²) in [5.41, 5.74) is 4.09. The summed E-state index contributed by atoms with van der Waals surface area (Å²) in [4.78, 5) is 28.2. The van der Waals surface area contributed by atoms with Crippen LogP contribution in [-0.2, 0) is 9.57 Å². The molecule has 0 aliphatic carbocycles. The van der Waals surface area contributed by atoms with Gasteiger partial charge in [-0.3, -0.25) is 10.2 Å². The lowest BCUT2D eigenvalue weighted by atomic mass is 10.0. The second-order valence-electron chi connectivity index (χ2n) is 9.11. The summed E-state index contributed by atoms with van der Waals surface area (Å²) < 4.78 is 6.94. The molecule has 0 radical (unpaired) electrons. The molecule has 2 amide bonds. The van der Waals surface area contributed by atoms with Gasteiger partial charge in [0.2, 0.25) is 0 Å². The summed E-state index contributed by atoms with van der Waals surface area (Å²) >= 11 is 0. The van der Waals surface area contributed by atoms with E-state index in [9.17, 15) is 4.79 Å². The van der Waals surface area contributed by atoms with Gasteiger partial charge in [0.15, 0.2) is 0 Å². The van der Waals surface area contributed by atoms with Gasteiger partial charge in [-0.1, -0.05) is 48.5 Å². The highest BCUT2D eigenvalue weighted by molar-refractivity contribution is 5.91. The Bertz CT molecular complexity index is 1360. The molecule has 2 atom stereocenters. The zero-order valence-electron chi connectivity index (χ0n) is 21.7. The number of hydrogen-bond donors (Lipinski definition) is 2. The summed E-state index contributed by atoms with van der Waals surface area (Å²) in [6, 6.07) is 18.9. The Kier molecular flexibility index (Phi) is 7.73. The summed E-state index contributed by atoms with van der Waals surface area (Å²) in [5.74, 6) is 1.24. The number of para-hydroxylation sites is 1. The molecule has 4 aromatic rings. The summed E-state index contributed by atoms with van der Waals surface area (Å²) in [7, 11) is 1.66. The zero-order chi connectivity index (χ0) is 26.5. The Morgan fingerprint density at radius 3 is 2.42 bits per heavy atom. The SMILES string of the molecule is COCCN1C[C@@H](NC(=O)Nc2c(C)c(-c3cnc(C)nc3)nn2-c2ccccc2)[C@H](c2ccccc2)O1. The third-order valence-corrected chi connectivity index (χ3v) is 6.43. The highest BCUT2D eigenvalue weighted by Gasteiger charge is 2.36. The van der Waals surface area contributed by atoms with Gasteiger partial charge in [0, 0.05) is 43.7 Å². The average Bonchev–Trinajstić information content (AvgIpc) is 3.49. The van der Waals surface area contributed by atoms with E-state index in [1.165, 1.54) is 0 Å². The Morgan fingerprint density at radius 2 is 1.74 bits per heavy atom. The van der Waals surface area contributed by atoms with Gasteiger partial charge in [-0.05, 0) is 31.5 Å². The Morgan fingerprint density at radius 1 is 1.05 bits per heavy atom. The molecule has 3 heterocycles. The fourth-order valence-electron chi connectivity index (χ4n) is 4.49. The average molecular weight is 514 g/mol. The lowest BCUT2D eigenvalue weighted by Gasteiger charge is -2.19. The third-order valence-electron chi connectivity index (χ3n) is 6.43. The van der Waals surface area contributed by atoms with Crippen molar-refractivity contribution in [1.82, 2.24) is 30.1 Å². The van der Waals surface area contributed by atoms with Crippen molar-refractivity contribution >= 4 is 11.8 Å². The van der Waals surface area contributed by atoms with Crippen LogP contribution in [0.25, 0.3) is 16.9 Å². The topological polar surface area (TPSA) is 106 Å². The van der Waals surface area contributed by atoms with Crippen LogP contribution in [0.15, 0.2) is 73.1 Å². The van der Waals surface area contributed by atoms with E-state index < -0.39 is 0 Å². The predicted molar refractivity (Wildman–Crippen MR) is 144 cm³/mol. The van der Waals surface area contributed by atoms with Crippen LogP contribution in [0.2, 0.25) is 0 Å². The molecule has 10 nitrogen and oxygen atoms in total. The van der Waals surface area contributed by atoms with E-state index in [4.69, 9.17) is 14.7 Å². The van der Waals surface area contributed by atoms with Crippen LogP contribution in [0, 0.1) is 13.8 Å². The molecule has 196 valence electrons. The summed E-state index contributed by atoms with van der Waals surface area (Å²) in [6.45, 7) is 5.42. The normalized spacial score (nSPS) is 17.4. The highest BCUT2D eigenvalue weighted by Crippen LogP contribution is 2.31. The quantitative estimate of drug-likeness (QED) is 0.366. The van der Waals surface area contributed by atoms with E-state index in [0.717, 1.165) is 22.4 Å². The van der Waals surface area contributed by atoms with E-state index >= 15 is 0 Å². The first-order chi connectivity index (χ1) is 18.5. The van der Waals surface area contributed by atoms with Gasteiger partial charge in [0.25, 0.3) is 0 Å². The zero-order valence-corrected chi connectivity index (χ0v) is 21.7. The first-order valence-corrected chi connectivity index (χ1v) is 12.5. The van der Waals surface area contributed by atoms with Crippen molar-refractivity contribution < 1.29 is 14.4 Å². The number of hydrogen-bond acceptors (Lipinski definition) is 7. The number of nitrogens with one attached hydrogen (secondary N) is 2. The Labute approximate surface area is 221 Å². The van der Waals surface area contributed by atoms with E-state index in [1.54, 1.807) is 24.2 Å². The molecule has 0 unspecified atom stereocenters. The number of carbonyl (C=O) groups is 1. The smallest absolute Gasteiger partial charge is 0.320 e. The van der Waals surface area contributed by atoms with Crippen LogP contribution >= 0.6 is 0 Å². The van der Waals surface area contributed by atoms with Crippen molar-refractivity contribution in [3.05, 3.63) is 90.0 Å². The minimum Gasteiger partial charge on any atom is -0.383 e. The Balaban J connectivity index is 1.41. The minimum absolute atomic E-state index is 0.271. The molecule has 1 aliphatic rings. The maximum Gasteiger partial charge on any atom is 0.320 e. The fraction of sp³-hybridized carbons (Fsp3) is 0.286. The first kappa shape index (κ1) is 25.5. The predicted octanol–water partition coefficient (Wildman–Crippen LogP) is 4.07. The van der Waals surface area contributed by atoms with Crippen molar-refractivity contribution in [3.63, 3.8) is 0 Å². The third kappa shape index (κ3) is 5.57. The number of aromatic nitrogens is 4. The maximum absolute atomic E-state index is 13.4. The monoisotopic (exact) mass is 513 g/mol. The lowest BCUT2D eigenvalue weighted by molar-refractivity contribution is -0.154. The van der Waals surface area contributed by atoms with Crippen molar-refractivity contribution in [2.75, 3.05) is 32.1 Å². The fourth-order valence-corrected chi connectivity index (χ4v) is 4.49. The molecule has 0 spiro atoms. The van der Waals surface area contributed by atoms with E-state index in [0.29, 0.717) is 37.0 Å². The molecule has 1 saturated heterocycles. The molecule has 10 heteroatoms. The standard InChI is InChI=1S/C28H31N7O3/c1-19-25(22-16-29-20(2)30-17-22)33-35(23-12-8-5-9-13-23)27(19)32-28(36)31-24-18-34(14-15-37-3)38-26(24)21-10-6-4-7-11-21/h4-13,16-17,24,26H,14-15,18H2,1-3H3,(H2,31,32,36)/t24-,26+/m1/s1. The number of aryl methyl sites for hydroxylation is 1. The second-order valence-corrected chi connectivity index (χ2v) is 9.11. The molecule has 38 heavy (non-hydrogen) atoms. The number of carbonyl (C=O) groups excluding carboxylic acids is 1. The van der Waals surface area contributed by atoms with Gasteiger partial charge in [0.1, 0.15) is 23.4 Å². The van der Waals surface area contributed by atoms with Crippen LogP contribution in [-0.4, -0.2) is 63.7 Å². The van der Waals surface area contributed by atoms with E-state index in [-0.39, 0.29) is 18.2 Å².